The third-order valence-electron chi connectivity index (χ3n) is 8.02. The van der Waals surface area contributed by atoms with Crippen molar-refractivity contribution in [3.8, 4) is 16.9 Å². The fourth-order valence-corrected chi connectivity index (χ4v) is 6.97. The first-order chi connectivity index (χ1) is 20.0. The van der Waals surface area contributed by atoms with E-state index in [1.165, 1.54) is 24.3 Å². The number of hydrogen-bond donors (Lipinski definition) is 2. The lowest BCUT2D eigenvalue weighted by Crippen LogP contribution is -2.51. The molecule has 0 aromatic heterocycles. The molecule has 1 spiro atoms. The van der Waals surface area contributed by atoms with Gasteiger partial charge in [0, 0.05) is 49.8 Å². The zero-order valence-corrected chi connectivity index (χ0v) is 24.2. The molecule has 224 valence electrons. The van der Waals surface area contributed by atoms with Crippen LogP contribution >= 0.6 is 0 Å². The zero-order valence-electron chi connectivity index (χ0n) is 23.4. The second kappa shape index (κ2) is 12.5. The summed E-state index contributed by atoms with van der Waals surface area (Å²) in [6, 6.07) is 17.0. The molecule has 1 amide bonds. The second-order valence-corrected chi connectivity index (χ2v) is 13.1. The standard InChI is InChI=1S/C31H35F2N3O5S/c1-35-19-25(37)18-34-42(39,40)29-10-7-23(26-9-8-24(32)17-27(26)33)16-28(29)41-21-31(20-35)11-13-36(14-12-31)30(38)15-22-5-3-2-4-6-22/h2-10,16-17,25,34,37H,11-15,18-21H2,1H3. The Morgan fingerprint density at radius 3 is 2.52 bits per heavy atom. The highest BCUT2D eigenvalue weighted by Crippen LogP contribution is 2.37. The number of nitrogens with one attached hydrogen (secondary N) is 1. The minimum Gasteiger partial charge on any atom is -0.492 e. The van der Waals surface area contributed by atoms with Crippen LogP contribution in [0.3, 0.4) is 0 Å². The van der Waals surface area contributed by atoms with Crippen LogP contribution in [-0.4, -0.2) is 81.7 Å². The summed E-state index contributed by atoms with van der Waals surface area (Å²) in [6.45, 7) is 1.77. The van der Waals surface area contributed by atoms with Crippen LogP contribution in [0.1, 0.15) is 18.4 Å². The van der Waals surface area contributed by atoms with Crippen molar-refractivity contribution in [2.75, 3.05) is 46.4 Å². The Bertz CT molecular complexity index is 1530. The van der Waals surface area contributed by atoms with Crippen LogP contribution in [0.15, 0.2) is 71.6 Å². The van der Waals surface area contributed by atoms with Gasteiger partial charge in [0.25, 0.3) is 0 Å². The summed E-state index contributed by atoms with van der Waals surface area (Å²) in [5.74, 6) is -1.42. The number of fused-ring (bicyclic) bond motifs is 1. The summed E-state index contributed by atoms with van der Waals surface area (Å²) in [4.78, 5) is 16.7. The van der Waals surface area contributed by atoms with Crippen molar-refractivity contribution in [1.29, 1.82) is 0 Å². The van der Waals surface area contributed by atoms with E-state index < -0.39 is 33.2 Å². The first-order valence-corrected chi connectivity index (χ1v) is 15.4. The van der Waals surface area contributed by atoms with E-state index in [4.69, 9.17) is 4.74 Å². The van der Waals surface area contributed by atoms with Gasteiger partial charge in [-0.3, -0.25) is 4.79 Å². The molecule has 2 aliphatic heterocycles. The molecular weight excluding hydrogens is 564 g/mol. The quantitative estimate of drug-likeness (QED) is 0.479. The van der Waals surface area contributed by atoms with Gasteiger partial charge < -0.3 is 19.6 Å². The van der Waals surface area contributed by atoms with Gasteiger partial charge >= 0.3 is 0 Å². The number of aliphatic hydroxyl groups excluding tert-OH is 1. The molecule has 1 atom stereocenters. The molecule has 0 aliphatic carbocycles. The van der Waals surface area contributed by atoms with Gasteiger partial charge in [-0.15, -0.1) is 0 Å². The predicted molar refractivity (Wildman–Crippen MR) is 154 cm³/mol. The Hall–Kier alpha value is -3.38. The maximum Gasteiger partial charge on any atom is 0.244 e. The summed E-state index contributed by atoms with van der Waals surface area (Å²) in [6.07, 6.45) is 0.587. The number of ether oxygens (including phenoxy) is 1. The number of piperidine rings is 1. The van der Waals surface area contributed by atoms with Gasteiger partial charge in [0.15, 0.2) is 0 Å². The zero-order chi connectivity index (χ0) is 29.9. The number of halogens is 2. The molecule has 5 rings (SSSR count). The van der Waals surface area contributed by atoms with Crippen LogP contribution in [0.25, 0.3) is 11.1 Å². The van der Waals surface area contributed by atoms with Crippen LogP contribution in [0.4, 0.5) is 8.78 Å². The van der Waals surface area contributed by atoms with E-state index in [1.807, 2.05) is 47.2 Å². The number of likely N-dealkylation sites (tertiary alicyclic amines) is 1. The van der Waals surface area contributed by atoms with Crippen molar-refractivity contribution < 1.29 is 31.8 Å². The first-order valence-electron chi connectivity index (χ1n) is 13.9. The van der Waals surface area contributed by atoms with Crippen LogP contribution in [0.5, 0.6) is 5.75 Å². The van der Waals surface area contributed by atoms with Gasteiger partial charge in [-0.1, -0.05) is 36.4 Å². The van der Waals surface area contributed by atoms with Crippen molar-refractivity contribution in [3.63, 3.8) is 0 Å². The summed E-state index contributed by atoms with van der Waals surface area (Å²) >= 11 is 0. The van der Waals surface area contributed by atoms with Crippen LogP contribution in [0.2, 0.25) is 0 Å². The van der Waals surface area contributed by atoms with Gasteiger partial charge in [-0.25, -0.2) is 21.9 Å². The third kappa shape index (κ3) is 6.97. The smallest absolute Gasteiger partial charge is 0.244 e. The number of carbonyl (C=O) groups is 1. The number of nitrogens with zero attached hydrogens (tertiary/aromatic N) is 2. The molecule has 2 N–H and O–H groups in total. The van der Waals surface area contributed by atoms with Gasteiger partial charge in [-0.2, -0.15) is 0 Å². The van der Waals surface area contributed by atoms with Crippen LogP contribution < -0.4 is 9.46 Å². The molecule has 42 heavy (non-hydrogen) atoms. The summed E-state index contributed by atoms with van der Waals surface area (Å²) in [7, 11) is -2.23. The molecule has 3 aromatic rings. The average Bonchev–Trinajstić information content (AvgIpc) is 2.95. The number of β-amino-alcohol motifs (C(OH)–C–C–N with tert-alkyl or cyclic N) is 1. The predicted octanol–water partition coefficient (Wildman–Crippen LogP) is 3.45. The number of benzene rings is 3. The molecule has 1 fully saturated rings. The number of rotatable bonds is 3. The minimum atomic E-state index is -4.09. The Morgan fingerprint density at radius 1 is 1.07 bits per heavy atom. The number of carbonyl (C=O) groups excluding carboxylic acids is 1. The molecule has 0 bridgehead atoms. The normalized spacial score (nSPS) is 21.0. The monoisotopic (exact) mass is 599 g/mol. The van der Waals surface area contributed by atoms with Gasteiger partial charge in [0.05, 0.1) is 19.1 Å². The van der Waals surface area contributed by atoms with Crippen molar-refractivity contribution in [3.05, 3.63) is 83.9 Å². The molecular formula is C31H35F2N3O5S. The lowest BCUT2D eigenvalue weighted by atomic mass is 9.78. The molecule has 2 aliphatic rings. The maximum atomic E-state index is 14.6. The summed E-state index contributed by atoms with van der Waals surface area (Å²) in [5, 5.41) is 10.6. The van der Waals surface area contributed by atoms with E-state index in [2.05, 4.69) is 4.72 Å². The van der Waals surface area contributed by atoms with E-state index >= 15 is 0 Å². The van der Waals surface area contributed by atoms with Crippen LogP contribution in [-0.2, 0) is 21.2 Å². The van der Waals surface area contributed by atoms with Crippen LogP contribution in [0, 0.1) is 17.0 Å². The summed E-state index contributed by atoms with van der Waals surface area (Å²) < 4.78 is 63.4. The molecule has 11 heteroatoms. The second-order valence-electron chi connectivity index (χ2n) is 11.3. The molecule has 0 saturated carbocycles. The number of likely N-dealkylation sites (N-methyl/N-ethyl adjacent to an activating group) is 1. The fourth-order valence-electron chi connectivity index (χ4n) is 5.77. The highest BCUT2D eigenvalue weighted by molar-refractivity contribution is 7.89. The van der Waals surface area contributed by atoms with Crippen molar-refractivity contribution in [2.45, 2.75) is 30.3 Å². The minimum absolute atomic E-state index is 0.0309. The van der Waals surface area contributed by atoms with Gasteiger partial charge in [-0.05, 0) is 55.3 Å². The van der Waals surface area contributed by atoms with Crippen molar-refractivity contribution >= 4 is 15.9 Å². The SMILES string of the molecule is CN1CC(O)CNS(=O)(=O)c2ccc(-c3ccc(F)cc3F)cc2OCC2(CCN(C(=O)Cc3ccccc3)CC2)C1. The molecule has 2 heterocycles. The molecule has 1 unspecified atom stereocenters. The van der Waals surface area contributed by atoms with Crippen molar-refractivity contribution in [1.82, 2.24) is 14.5 Å². The number of sulfonamides is 1. The Morgan fingerprint density at radius 2 is 1.81 bits per heavy atom. The lowest BCUT2D eigenvalue weighted by molar-refractivity contribution is -0.133. The van der Waals surface area contributed by atoms with Crippen molar-refractivity contribution in [2.24, 2.45) is 5.41 Å². The fraction of sp³-hybridized carbons (Fsp3) is 0.387. The third-order valence-corrected chi connectivity index (χ3v) is 9.48. The first kappa shape index (κ1) is 30.1. The summed E-state index contributed by atoms with van der Waals surface area (Å²) in [5.41, 5.74) is 0.948. The largest absolute Gasteiger partial charge is 0.492 e. The molecule has 0 radical (unpaired) electrons. The topological polar surface area (TPSA) is 99.2 Å². The van der Waals surface area contributed by atoms with Gasteiger partial charge in [0.2, 0.25) is 15.9 Å². The number of hydrogen-bond acceptors (Lipinski definition) is 6. The average molecular weight is 600 g/mol. The number of amides is 1. The molecule has 1 saturated heterocycles. The molecule has 8 nitrogen and oxygen atoms in total. The van der Waals surface area contributed by atoms with Gasteiger partial charge in [0.1, 0.15) is 22.3 Å². The van der Waals surface area contributed by atoms with E-state index in [0.29, 0.717) is 44.5 Å². The van der Waals surface area contributed by atoms with E-state index in [-0.39, 0.29) is 41.8 Å². The Balaban J connectivity index is 1.43. The van der Waals surface area contributed by atoms with E-state index in [1.54, 1.807) is 0 Å². The Labute approximate surface area is 245 Å². The molecule has 3 aromatic carbocycles. The highest BCUT2D eigenvalue weighted by Gasteiger charge is 2.39. The lowest BCUT2D eigenvalue weighted by Gasteiger charge is -2.44. The van der Waals surface area contributed by atoms with E-state index in [9.17, 15) is 27.1 Å². The number of aliphatic hydroxyl groups is 1. The Kier molecular flexibility index (Phi) is 8.93. The highest BCUT2D eigenvalue weighted by atomic mass is 32.2. The van der Waals surface area contributed by atoms with E-state index in [0.717, 1.165) is 17.7 Å². The maximum absolute atomic E-state index is 14.6.